The Kier molecular flexibility index (Phi) is 5.91. The number of hydrogen-bond donors (Lipinski definition) is 0. The van der Waals surface area contributed by atoms with Crippen molar-refractivity contribution in [3.05, 3.63) is 65.4 Å². The molecule has 27 heavy (non-hydrogen) atoms. The SMILES string of the molecule is COc1ccc(C2=NC(=Cc3ccc(OCCC(C)C)cc3)C(=O)O2)cc1. The van der Waals surface area contributed by atoms with E-state index < -0.39 is 5.97 Å². The molecule has 0 N–H and O–H groups in total. The molecule has 5 nitrogen and oxygen atoms in total. The van der Waals surface area contributed by atoms with E-state index in [1.54, 1.807) is 37.5 Å². The van der Waals surface area contributed by atoms with E-state index in [1.807, 2.05) is 24.3 Å². The fourth-order valence-corrected chi connectivity index (χ4v) is 2.50. The van der Waals surface area contributed by atoms with Gasteiger partial charge in [0.25, 0.3) is 0 Å². The summed E-state index contributed by atoms with van der Waals surface area (Å²) >= 11 is 0. The maximum absolute atomic E-state index is 12.1. The highest BCUT2D eigenvalue weighted by Crippen LogP contribution is 2.22. The van der Waals surface area contributed by atoms with Crippen LogP contribution in [0.4, 0.5) is 0 Å². The maximum atomic E-state index is 12.1. The van der Waals surface area contributed by atoms with Crippen LogP contribution in [-0.2, 0) is 9.53 Å². The number of carbonyl (C=O) groups is 1. The zero-order chi connectivity index (χ0) is 19.2. The van der Waals surface area contributed by atoms with Crippen LogP contribution in [0.3, 0.4) is 0 Å². The van der Waals surface area contributed by atoms with Crippen LogP contribution in [0.1, 0.15) is 31.4 Å². The zero-order valence-corrected chi connectivity index (χ0v) is 15.8. The number of methoxy groups -OCH3 is 1. The minimum absolute atomic E-state index is 0.272. The molecule has 0 unspecified atom stereocenters. The quantitative estimate of drug-likeness (QED) is 0.537. The van der Waals surface area contributed by atoms with Gasteiger partial charge in [-0.05, 0) is 60.4 Å². The van der Waals surface area contributed by atoms with Gasteiger partial charge in [0.1, 0.15) is 11.5 Å². The summed E-state index contributed by atoms with van der Waals surface area (Å²) in [4.78, 5) is 16.4. The van der Waals surface area contributed by atoms with Gasteiger partial charge >= 0.3 is 5.97 Å². The van der Waals surface area contributed by atoms with Gasteiger partial charge in [0, 0.05) is 5.56 Å². The smallest absolute Gasteiger partial charge is 0.363 e. The second kappa shape index (κ2) is 8.54. The average molecular weight is 365 g/mol. The standard InChI is InChI=1S/C22H23NO4/c1-15(2)12-13-26-19-8-4-16(5-9-19)14-20-22(24)27-21(23-20)17-6-10-18(25-3)11-7-17/h4-11,14-15H,12-13H2,1-3H3. The molecule has 140 valence electrons. The lowest BCUT2D eigenvalue weighted by Gasteiger charge is -2.08. The second-order valence-corrected chi connectivity index (χ2v) is 6.66. The van der Waals surface area contributed by atoms with Crippen LogP contribution >= 0.6 is 0 Å². The van der Waals surface area contributed by atoms with Gasteiger partial charge in [-0.3, -0.25) is 0 Å². The molecule has 0 fully saturated rings. The Morgan fingerprint density at radius 3 is 2.33 bits per heavy atom. The summed E-state index contributed by atoms with van der Waals surface area (Å²) in [5.74, 6) is 1.99. The van der Waals surface area contributed by atoms with Crippen LogP contribution in [0.25, 0.3) is 6.08 Å². The summed E-state index contributed by atoms with van der Waals surface area (Å²) in [5, 5.41) is 0. The third-order valence-corrected chi connectivity index (χ3v) is 4.10. The van der Waals surface area contributed by atoms with Crippen molar-refractivity contribution in [3.63, 3.8) is 0 Å². The Morgan fingerprint density at radius 2 is 1.70 bits per heavy atom. The molecule has 0 saturated carbocycles. The van der Waals surface area contributed by atoms with Gasteiger partial charge in [0.05, 0.1) is 13.7 Å². The van der Waals surface area contributed by atoms with Gasteiger partial charge in [-0.25, -0.2) is 9.79 Å². The van der Waals surface area contributed by atoms with E-state index in [1.165, 1.54) is 0 Å². The van der Waals surface area contributed by atoms with Gasteiger partial charge in [-0.15, -0.1) is 0 Å². The number of hydrogen-bond acceptors (Lipinski definition) is 5. The summed E-state index contributed by atoms with van der Waals surface area (Å²) in [6, 6.07) is 14.8. The van der Waals surface area contributed by atoms with Gasteiger partial charge in [0.2, 0.25) is 5.90 Å². The average Bonchev–Trinajstić information content (AvgIpc) is 3.03. The van der Waals surface area contributed by atoms with E-state index in [2.05, 4.69) is 18.8 Å². The molecule has 0 aliphatic carbocycles. The lowest BCUT2D eigenvalue weighted by molar-refractivity contribution is -0.129. The van der Waals surface area contributed by atoms with Crippen molar-refractivity contribution in [1.82, 2.24) is 0 Å². The van der Waals surface area contributed by atoms with E-state index in [-0.39, 0.29) is 5.70 Å². The summed E-state index contributed by atoms with van der Waals surface area (Å²) < 4.78 is 16.1. The van der Waals surface area contributed by atoms with Crippen LogP contribution in [0.15, 0.2) is 59.2 Å². The molecule has 1 aliphatic rings. The van der Waals surface area contributed by atoms with E-state index >= 15 is 0 Å². The molecular formula is C22H23NO4. The fourth-order valence-electron chi connectivity index (χ4n) is 2.50. The van der Waals surface area contributed by atoms with E-state index in [0.717, 1.165) is 29.0 Å². The Hall–Kier alpha value is -3.08. The molecule has 0 radical (unpaired) electrons. The van der Waals surface area contributed by atoms with Gasteiger partial charge in [0.15, 0.2) is 5.70 Å². The summed E-state index contributed by atoms with van der Waals surface area (Å²) in [6.45, 7) is 5.03. The zero-order valence-electron chi connectivity index (χ0n) is 15.8. The highest BCUT2D eigenvalue weighted by molar-refractivity contribution is 6.12. The summed E-state index contributed by atoms with van der Waals surface area (Å²) in [7, 11) is 1.60. The molecule has 5 heteroatoms. The number of cyclic esters (lactones) is 1. The van der Waals surface area contributed by atoms with E-state index in [4.69, 9.17) is 14.2 Å². The molecule has 1 heterocycles. The number of esters is 1. The van der Waals surface area contributed by atoms with Crippen molar-refractivity contribution in [2.45, 2.75) is 20.3 Å². The Balaban J connectivity index is 1.70. The molecule has 1 aliphatic heterocycles. The van der Waals surface area contributed by atoms with Crippen molar-refractivity contribution in [2.75, 3.05) is 13.7 Å². The Morgan fingerprint density at radius 1 is 1.04 bits per heavy atom. The van der Waals surface area contributed by atoms with Crippen LogP contribution < -0.4 is 9.47 Å². The van der Waals surface area contributed by atoms with Crippen molar-refractivity contribution in [1.29, 1.82) is 0 Å². The number of benzene rings is 2. The van der Waals surface area contributed by atoms with Crippen molar-refractivity contribution in [2.24, 2.45) is 10.9 Å². The van der Waals surface area contributed by atoms with Crippen LogP contribution in [0.5, 0.6) is 11.5 Å². The molecule has 3 rings (SSSR count). The predicted octanol–water partition coefficient (Wildman–Crippen LogP) is 4.46. The molecule has 0 amide bonds. The molecule has 0 atom stereocenters. The molecule has 0 aromatic heterocycles. The Labute approximate surface area is 159 Å². The first-order valence-corrected chi connectivity index (χ1v) is 8.95. The highest BCUT2D eigenvalue weighted by atomic mass is 16.6. The topological polar surface area (TPSA) is 57.1 Å². The number of ether oxygens (including phenoxy) is 3. The maximum Gasteiger partial charge on any atom is 0.363 e. The highest BCUT2D eigenvalue weighted by Gasteiger charge is 2.24. The first-order chi connectivity index (χ1) is 13.0. The van der Waals surface area contributed by atoms with Gasteiger partial charge in [-0.2, -0.15) is 0 Å². The number of carbonyl (C=O) groups excluding carboxylic acids is 1. The van der Waals surface area contributed by atoms with E-state index in [9.17, 15) is 4.79 Å². The summed E-state index contributed by atoms with van der Waals surface area (Å²) in [6.07, 6.45) is 2.72. The minimum Gasteiger partial charge on any atom is -0.497 e. The largest absolute Gasteiger partial charge is 0.497 e. The van der Waals surface area contributed by atoms with Gasteiger partial charge in [-0.1, -0.05) is 26.0 Å². The van der Waals surface area contributed by atoms with Crippen molar-refractivity contribution >= 4 is 17.9 Å². The molecule has 0 bridgehead atoms. The first-order valence-electron chi connectivity index (χ1n) is 8.95. The first kappa shape index (κ1) is 18.7. The lowest BCUT2D eigenvalue weighted by atomic mass is 10.1. The van der Waals surface area contributed by atoms with Crippen LogP contribution in [0, 0.1) is 5.92 Å². The second-order valence-electron chi connectivity index (χ2n) is 6.66. The van der Waals surface area contributed by atoms with E-state index in [0.29, 0.717) is 18.4 Å². The monoisotopic (exact) mass is 365 g/mol. The molecular weight excluding hydrogens is 342 g/mol. The minimum atomic E-state index is -0.460. The van der Waals surface area contributed by atoms with Crippen LogP contribution in [-0.4, -0.2) is 25.6 Å². The van der Waals surface area contributed by atoms with Crippen LogP contribution in [0.2, 0.25) is 0 Å². The van der Waals surface area contributed by atoms with Crippen molar-refractivity contribution in [3.8, 4) is 11.5 Å². The van der Waals surface area contributed by atoms with Crippen molar-refractivity contribution < 1.29 is 19.0 Å². The summed E-state index contributed by atoms with van der Waals surface area (Å²) in [5.41, 5.74) is 1.86. The lowest BCUT2D eigenvalue weighted by Crippen LogP contribution is -2.05. The van der Waals surface area contributed by atoms with Gasteiger partial charge < -0.3 is 14.2 Å². The third kappa shape index (κ3) is 4.97. The molecule has 0 spiro atoms. The molecule has 0 saturated heterocycles. The third-order valence-electron chi connectivity index (χ3n) is 4.10. The fraction of sp³-hybridized carbons (Fsp3) is 0.273. The number of nitrogens with zero attached hydrogens (tertiary/aromatic N) is 1. The molecule has 2 aromatic carbocycles. The Bertz CT molecular complexity index is 849. The molecule has 2 aromatic rings. The number of rotatable bonds is 7. The normalized spacial score (nSPS) is 15.0. The number of aliphatic imine (C=N–C) groups is 1. The predicted molar refractivity (Wildman–Crippen MR) is 105 cm³/mol.